The third kappa shape index (κ3) is 6.09. The van der Waals surface area contributed by atoms with Crippen LogP contribution in [-0.4, -0.2) is 46.0 Å². The molecule has 8 nitrogen and oxygen atoms in total. The van der Waals surface area contributed by atoms with Gasteiger partial charge in [-0.3, -0.25) is 4.79 Å². The zero-order chi connectivity index (χ0) is 22.9. The van der Waals surface area contributed by atoms with Gasteiger partial charge in [0, 0.05) is 22.7 Å². The fraction of sp³-hybridized carbons (Fsp3) is 0.292. The summed E-state index contributed by atoms with van der Waals surface area (Å²) >= 11 is 0. The van der Waals surface area contributed by atoms with Crippen LogP contribution < -0.4 is 14.8 Å². The van der Waals surface area contributed by atoms with Gasteiger partial charge in [0.2, 0.25) is 0 Å². The van der Waals surface area contributed by atoms with E-state index >= 15 is 0 Å². The van der Waals surface area contributed by atoms with E-state index in [-0.39, 0.29) is 6.42 Å². The molecule has 1 atom stereocenters. The Hall–Kier alpha value is -3.83. The van der Waals surface area contributed by atoms with Gasteiger partial charge in [0.15, 0.2) is 11.5 Å². The van der Waals surface area contributed by atoms with E-state index in [2.05, 4.69) is 21.2 Å². The van der Waals surface area contributed by atoms with Gasteiger partial charge in [0.05, 0.1) is 31.8 Å². The molecular weight excluding hydrogens is 410 g/mol. The Morgan fingerprint density at radius 2 is 2.06 bits per heavy atom. The molecule has 1 aromatic heterocycles. The Labute approximate surface area is 186 Å². The molecule has 0 saturated carbocycles. The molecular formula is C24H25N3O5. The molecule has 0 aliphatic rings. The molecule has 3 aromatic rings. The van der Waals surface area contributed by atoms with Crippen molar-refractivity contribution in [1.82, 2.24) is 9.97 Å². The summed E-state index contributed by atoms with van der Waals surface area (Å²) in [5.74, 6) is 3.29. The van der Waals surface area contributed by atoms with Crippen LogP contribution in [-0.2, 0) is 4.79 Å². The number of ether oxygens (including phenoxy) is 2. The normalized spacial score (nSPS) is 11.5. The lowest BCUT2D eigenvalue weighted by Crippen LogP contribution is -2.13. The Morgan fingerprint density at radius 1 is 1.22 bits per heavy atom. The number of unbranched alkanes of at least 4 members (excludes halogenated alkanes) is 1. The van der Waals surface area contributed by atoms with Crippen molar-refractivity contribution in [2.45, 2.75) is 31.8 Å². The van der Waals surface area contributed by atoms with E-state index in [4.69, 9.17) is 21.0 Å². The molecule has 0 saturated heterocycles. The molecule has 0 radical (unpaired) electrons. The number of benzene rings is 2. The van der Waals surface area contributed by atoms with Crippen LogP contribution in [0.15, 0.2) is 42.7 Å². The minimum absolute atomic E-state index is 0.251. The van der Waals surface area contributed by atoms with E-state index in [1.165, 1.54) is 6.33 Å². The maximum atomic E-state index is 10.6. The average molecular weight is 435 g/mol. The summed E-state index contributed by atoms with van der Waals surface area (Å²) in [5.41, 5.74) is 2.25. The molecule has 3 rings (SSSR count). The fourth-order valence-corrected chi connectivity index (χ4v) is 3.23. The molecule has 1 unspecified atom stereocenters. The number of aliphatic carboxylic acids is 1. The first-order valence-electron chi connectivity index (χ1n) is 10.2. The molecule has 2 aromatic carbocycles. The molecule has 1 heterocycles. The molecule has 32 heavy (non-hydrogen) atoms. The van der Waals surface area contributed by atoms with Gasteiger partial charge in [-0.15, -0.1) is 6.42 Å². The molecule has 0 aliphatic heterocycles. The highest BCUT2D eigenvalue weighted by Crippen LogP contribution is 2.35. The van der Waals surface area contributed by atoms with Crippen molar-refractivity contribution in [3.8, 4) is 23.8 Å². The van der Waals surface area contributed by atoms with Gasteiger partial charge in [0.1, 0.15) is 12.1 Å². The smallest absolute Gasteiger partial charge is 0.305 e. The highest BCUT2D eigenvalue weighted by molar-refractivity contribution is 5.93. The van der Waals surface area contributed by atoms with E-state index in [1.54, 1.807) is 13.2 Å². The van der Waals surface area contributed by atoms with E-state index in [9.17, 15) is 9.90 Å². The molecule has 8 heteroatoms. The van der Waals surface area contributed by atoms with Crippen LogP contribution in [0, 0.1) is 12.3 Å². The van der Waals surface area contributed by atoms with E-state index in [1.807, 2.05) is 30.3 Å². The number of aliphatic hydroxyl groups is 1. The number of fused-ring (bicyclic) bond motifs is 1. The maximum Gasteiger partial charge on any atom is 0.305 e. The zero-order valence-corrected chi connectivity index (χ0v) is 17.7. The second-order valence-electron chi connectivity index (χ2n) is 7.19. The number of methoxy groups -OCH3 is 1. The second-order valence-corrected chi connectivity index (χ2v) is 7.19. The molecule has 0 bridgehead atoms. The number of aliphatic hydroxyl groups excluding tert-OH is 1. The Bertz CT molecular complexity index is 1130. The Balaban J connectivity index is 1.73. The van der Waals surface area contributed by atoms with Gasteiger partial charge >= 0.3 is 5.97 Å². The highest BCUT2D eigenvalue weighted by atomic mass is 16.5. The summed E-state index contributed by atoms with van der Waals surface area (Å²) in [6, 6.07) is 11.1. The first kappa shape index (κ1) is 22.8. The van der Waals surface area contributed by atoms with Crippen molar-refractivity contribution >= 4 is 28.4 Å². The van der Waals surface area contributed by atoms with Gasteiger partial charge in [-0.25, -0.2) is 9.97 Å². The van der Waals surface area contributed by atoms with Crippen molar-refractivity contribution in [1.29, 1.82) is 0 Å². The summed E-state index contributed by atoms with van der Waals surface area (Å²) in [5, 5.41) is 22.4. The lowest BCUT2D eigenvalue weighted by Gasteiger charge is -2.14. The monoisotopic (exact) mass is 435 g/mol. The number of carboxylic acid groups (broad SMARTS) is 1. The summed E-state index contributed by atoms with van der Waals surface area (Å²) in [7, 11) is 1.56. The number of terminal acetylenes is 1. The second kappa shape index (κ2) is 11.0. The van der Waals surface area contributed by atoms with Crippen molar-refractivity contribution in [3.05, 3.63) is 48.3 Å². The molecule has 0 aliphatic carbocycles. The van der Waals surface area contributed by atoms with E-state index < -0.39 is 12.1 Å². The molecule has 0 spiro atoms. The summed E-state index contributed by atoms with van der Waals surface area (Å²) in [4.78, 5) is 19.3. The SMILES string of the molecule is C#Cc1cccc(Nc2ncnc3cc(OC)c(OCCCCC(O)CC(=O)O)cc23)c1. The maximum absolute atomic E-state index is 10.6. The van der Waals surface area contributed by atoms with Crippen molar-refractivity contribution in [2.24, 2.45) is 0 Å². The van der Waals surface area contributed by atoms with Crippen molar-refractivity contribution < 1.29 is 24.5 Å². The van der Waals surface area contributed by atoms with E-state index in [0.29, 0.717) is 48.7 Å². The number of hydrogen-bond donors (Lipinski definition) is 3. The zero-order valence-electron chi connectivity index (χ0n) is 17.7. The van der Waals surface area contributed by atoms with Crippen LogP contribution in [0.25, 0.3) is 10.9 Å². The first-order valence-corrected chi connectivity index (χ1v) is 10.2. The van der Waals surface area contributed by atoms with Crippen LogP contribution in [0.5, 0.6) is 11.5 Å². The lowest BCUT2D eigenvalue weighted by molar-refractivity contribution is -0.139. The molecule has 3 N–H and O–H groups in total. The van der Waals surface area contributed by atoms with Crippen molar-refractivity contribution in [2.75, 3.05) is 19.0 Å². The predicted octanol–water partition coefficient (Wildman–Crippen LogP) is 3.75. The number of carbonyl (C=O) groups is 1. The van der Waals surface area contributed by atoms with Crippen LogP contribution in [0.1, 0.15) is 31.2 Å². The number of carboxylic acids is 1. The Kier molecular flexibility index (Phi) is 7.84. The first-order chi connectivity index (χ1) is 15.5. The van der Waals surface area contributed by atoms with Gasteiger partial charge in [0.25, 0.3) is 0 Å². The van der Waals surface area contributed by atoms with Crippen LogP contribution in [0.3, 0.4) is 0 Å². The standard InChI is InChI=1S/C24H25N3O5/c1-3-16-7-6-8-17(11-16)27-24-19-13-22(21(31-2)14-20(19)25-15-26-24)32-10-5-4-9-18(28)12-23(29)30/h1,6-8,11,13-15,18,28H,4-5,9-10,12H2,2H3,(H,29,30)(H,25,26,27). The van der Waals surface area contributed by atoms with E-state index in [0.717, 1.165) is 16.6 Å². The molecule has 0 amide bonds. The number of aromatic nitrogens is 2. The number of nitrogens with one attached hydrogen (secondary N) is 1. The van der Waals surface area contributed by atoms with Crippen LogP contribution >= 0.6 is 0 Å². The number of rotatable bonds is 11. The predicted molar refractivity (Wildman–Crippen MR) is 121 cm³/mol. The van der Waals surface area contributed by atoms with Gasteiger partial charge in [-0.05, 0) is 43.5 Å². The highest BCUT2D eigenvalue weighted by Gasteiger charge is 2.13. The third-order valence-electron chi connectivity index (χ3n) is 4.81. The lowest BCUT2D eigenvalue weighted by atomic mass is 10.1. The van der Waals surface area contributed by atoms with Gasteiger partial charge in [-0.2, -0.15) is 0 Å². The fourth-order valence-electron chi connectivity index (χ4n) is 3.23. The summed E-state index contributed by atoms with van der Waals surface area (Å²) in [6.45, 7) is 0.391. The number of nitrogens with zero attached hydrogens (tertiary/aromatic N) is 2. The van der Waals surface area contributed by atoms with Crippen LogP contribution in [0.4, 0.5) is 11.5 Å². The number of anilines is 2. The summed E-state index contributed by atoms with van der Waals surface area (Å²) < 4.78 is 11.4. The van der Waals surface area contributed by atoms with Gasteiger partial charge < -0.3 is 25.0 Å². The summed E-state index contributed by atoms with van der Waals surface area (Å²) in [6.07, 6.45) is 7.57. The average Bonchev–Trinajstić information content (AvgIpc) is 2.78. The third-order valence-corrected chi connectivity index (χ3v) is 4.81. The Morgan fingerprint density at radius 3 is 2.81 bits per heavy atom. The minimum atomic E-state index is -1.01. The quantitative estimate of drug-likeness (QED) is 0.308. The van der Waals surface area contributed by atoms with Gasteiger partial charge in [-0.1, -0.05) is 12.0 Å². The minimum Gasteiger partial charge on any atom is -0.493 e. The van der Waals surface area contributed by atoms with Crippen molar-refractivity contribution in [3.63, 3.8) is 0 Å². The molecule has 0 fully saturated rings. The molecule has 166 valence electrons. The number of hydrogen-bond acceptors (Lipinski definition) is 7. The van der Waals surface area contributed by atoms with Crippen LogP contribution in [0.2, 0.25) is 0 Å². The largest absolute Gasteiger partial charge is 0.493 e. The topological polar surface area (TPSA) is 114 Å².